The number of ketones is 1. The molecular formula is C12H17NO2. The van der Waals surface area contributed by atoms with E-state index in [1.54, 1.807) is 19.0 Å². The van der Waals surface area contributed by atoms with Crippen LogP contribution in [0.1, 0.15) is 18.6 Å². The number of aliphatic hydroxyl groups excluding tert-OH is 1. The van der Waals surface area contributed by atoms with Crippen molar-refractivity contribution in [3.8, 4) is 0 Å². The number of carbonyl (C=O) groups is 1. The summed E-state index contributed by atoms with van der Waals surface area (Å²) in [5.41, 5.74) is 0.770. The summed E-state index contributed by atoms with van der Waals surface area (Å²) in [6, 6.07) is 8.76. The highest BCUT2D eigenvalue weighted by Gasteiger charge is 2.26. The Bertz CT molecular complexity index is 322. The molecule has 0 aliphatic carbocycles. The largest absolute Gasteiger partial charge is 0.386 e. The van der Waals surface area contributed by atoms with E-state index >= 15 is 0 Å². The lowest BCUT2D eigenvalue weighted by Gasteiger charge is -2.26. The van der Waals surface area contributed by atoms with Crippen LogP contribution in [0.25, 0.3) is 0 Å². The van der Waals surface area contributed by atoms with Crippen LogP contribution in [0.5, 0.6) is 0 Å². The standard InChI is InChI=1S/C12H17NO2/c1-9(14)11(13(2)3)12(15)10-7-5-4-6-8-10/h4-8,11-12,15H,1-3H3/t11-,12+/m1/s1. The zero-order chi connectivity index (χ0) is 11.4. The average molecular weight is 207 g/mol. The second kappa shape index (κ2) is 5.05. The van der Waals surface area contributed by atoms with Crippen LogP contribution in [0, 0.1) is 0 Å². The average Bonchev–Trinajstić information content (AvgIpc) is 2.18. The van der Waals surface area contributed by atoms with Gasteiger partial charge < -0.3 is 5.11 Å². The van der Waals surface area contributed by atoms with Gasteiger partial charge in [-0.25, -0.2) is 0 Å². The van der Waals surface area contributed by atoms with E-state index in [4.69, 9.17) is 0 Å². The molecule has 0 amide bonds. The molecule has 0 aliphatic rings. The van der Waals surface area contributed by atoms with Gasteiger partial charge in [-0.15, -0.1) is 0 Å². The van der Waals surface area contributed by atoms with Crippen molar-refractivity contribution in [3.63, 3.8) is 0 Å². The minimum atomic E-state index is -0.765. The van der Waals surface area contributed by atoms with Gasteiger partial charge in [-0.1, -0.05) is 30.3 Å². The Morgan fingerprint density at radius 3 is 2.20 bits per heavy atom. The van der Waals surface area contributed by atoms with Crippen molar-refractivity contribution in [3.05, 3.63) is 35.9 Å². The first-order valence-electron chi connectivity index (χ1n) is 4.94. The molecule has 2 atom stereocenters. The van der Waals surface area contributed by atoms with Gasteiger partial charge >= 0.3 is 0 Å². The number of Topliss-reactive ketones (excluding diaryl/α,β-unsaturated/α-hetero) is 1. The molecule has 3 nitrogen and oxygen atoms in total. The molecule has 0 aliphatic heterocycles. The van der Waals surface area contributed by atoms with Crippen LogP contribution in [0.3, 0.4) is 0 Å². The summed E-state index contributed by atoms with van der Waals surface area (Å²) in [5.74, 6) is -0.0312. The highest BCUT2D eigenvalue weighted by Crippen LogP contribution is 2.19. The molecule has 1 aromatic carbocycles. The highest BCUT2D eigenvalue weighted by atomic mass is 16.3. The van der Waals surface area contributed by atoms with E-state index in [1.807, 2.05) is 30.3 Å². The Labute approximate surface area is 90.3 Å². The molecule has 82 valence electrons. The molecule has 15 heavy (non-hydrogen) atoms. The minimum absolute atomic E-state index is 0.0312. The van der Waals surface area contributed by atoms with Gasteiger partial charge in [0, 0.05) is 0 Å². The number of nitrogens with zero attached hydrogens (tertiary/aromatic N) is 1. The van der Waals surface area contributed by atoms with Gasteiger partial charge in [0.2, 0.25) is 0 Å². The predicted molar refractivity (Wildman–Crippen MR) is 59.6 cm³/mol. The summed E-state index contributed by atoms with van der Waals surface area (Å²) in [6.07, 6.45) is -0.765. The number of rotatable bonds is 4. The van der Waals surface area contributed by atoms with Gasteiger partial charge in [0.25, 0.3) is 0 Å². The van der Waals surface area contributed by atoms with E-state index in [0.717, 1.165) is 5.56 Å². The summed E-state index contributed by atoms with van der Waals surface area (Å²) in [7, 11) is 3.58. The maximum atomic E-state index is 11.4. The maximum absolute atomic E-state index is 11.4. The molecule has 0 radical (unpaired) electrons. The lowest BCUT2D eigenvalue weighted by Crippen LogP contribution is -2.39. The van der Waals surface area contributed by atoms with Crippen LogP contribution in [-0.4, -0.2) is 35.9 Å². The van der Waals surface area contributed by atoms with Crippen molar-refractivity contribution in [2.45, 2.75) is 19.1 Å². The Hall–Kier alpha value is -1.19. The molecule has 0 aromatic heterocycles. The number of carbonyl (C=O) groups excluding carboxylic acids is 1. The summed E-state index contributed by atoms with van der Waals surface area (Å²) < 4.78 is 0. The third-order valence-electron chi connectivity index (χ3n) is 2.41. The molecule has 0 heterocycles. The van der Waals surface area contributed by atoms with Crippen molar-refractivity contribution >= 4 is 5.78 Å². The molecule has 3 heteroatoms. The van der Waals surface area contributed by atoms with Gasteiger partial charge in [0.05, 0.1) is 6.04 Å². The van der Waals surface area contributed by atoms with E-state index < -0.39 is 12.1 Å². The van der Waals surface area contributed by atoms with Crippen LogP contribution >= 0.6 is 0 Å². The van der Waals surface area contributed by atoms with E-state index in [-0.39, 0.29) is 5.78 Å². The predicted octanol–water partition coefficient (Wildman–Crippen LogP) is 1.24. The van der Waals surface area contributed by atoms with E-state index in [9.17, 15) is 9.90 Å². The van der Waals surface area contributed by atoms with Gasteiger partial charge in [-0.05, 0) is 26.6 Å². The minimum Gasteiger partial charge on any atom is -0.386 e. The fraction of sp³-hybridized carbons (Fsp3) is 0.417. The van der Waals surface area contributed by atoms with Crippen LogP contribution in [-0.2, 0) is 4.79 Å². The molecule has 0 saturated carbocycles. The second-order valence-electron chi connectivity index (χ2n) is 3.87. The third kappa shape index (κ3) is 2.88. The molecule has 0 fully saturated rings. The molecule has 0 spiro atoms. The van der Waals surface area contributed by atoms with Gasteiger partial charge in [-0.3, -0.25) is 9.69 Å². The van der Waals surface area contributed by atoms with E-state index in [1.165, 1.54) is 6.92 Å². The lowest BCUT2D eigenvalue weighted by atomic mass is 9.99. The number of aliphatic hydroxyl groups is 1. The zero-order valence-electron chi connectivity index (χ0n) is 9.34. The normalized spacial score (nSPS) is 15.0. The Kier molecular flexibility index (Phi) is 4.00. The SMILES string of the molecule is CC(=O)[C@H]([C@@H](O)c1ccccc1)N(C)C. The summed E-state index contributed by atoms with van der Waals surface area (Å²) >= 11 is 0. The Balaban J connectivity index is 2.91. The Morgan fingerprint density at radius 1 is 1.27 bits per heavy atom. The highest BCUT2D eigenvalue weighted by molar-refractivity contribution is 5.82. The monoisotopic (exact) mass is 207 g/mol. The first-order chi connectivity index (χ1) is 7.04. The van der Waals surface area contributed by atoms with Crippen LogP contribution in [0.15, 0.2) is 30.3 Å². The van der Waals surface area contributed by atoms with Crippen molar-refractivity contribution in [1.82, 2.24) is 4.90 Å². The van der Waals surface area contributed by atoms with Crippen molar-refractivity contribution in [1.29, 1.82) is 0 Å². The number of hydrogen-bond acceptors (Lipinski definition) is 3. The molecule has 1 N–H and O–H groups in total. The number of likely N-dealkylation sites (N-methyl/N-ethyl adjacent to an activating group) is 1. The molecule has 0 saturated heterocycles. The maximum Gasteiger partial charge on any atom is 0.149 e. The molecular weight excluding hydrogens is 190 g/mol. The quantitative estimate of drug-likeness (QED) is 0.807. The molecule has 1 aromatic rings. The Morgan fingerprint density at radius 2 is 1.80 bits per heavy atom. The molecule has 1 rings (SSSR count). The van der Waals surface area contributed by atoms with Crippen molar-refractivity contribution < 1.29 is 9.90 Å². The van der Waals surface area contributed by atoms with Crippen molar-refractivity contribution in [2.24, 2.45) is 0 Å². The summed E-state index contributed by atoms with van der Waals surface area (Å²) in [6.45, 7) is 1.50. The fourth-order valence-electron chi connectivity index (χ4n) is 1.70. The van der Waals surface area contributed by atoms with Crippen LogP contribution < -0.4 is 0 Å². The fourth-order valence-corrected chi connectivity index (χ4v) is 1.70. The topological polar surface area (TPSA) is 40.5 Å². The van der Waals surface area contributed by atoms with Crippen molar-refractivity contribution in [2.75, 3.05) is 14.1 Å². The number of benzene rings is 1. The lowest BCUT2D eigenvalue weighted by molar-refractivity contribution is -0.125. The van der Waals surface area contributed by atoms with E-state index in [0.29, 0.717) is 0 Å². The van der Waals surface area contributed by atoms with E-state index in [2.05, 4.69) is 0 Å². The number of hydrogen-bond donors (Lipinski definition) is 1. The zero-order valence-corrected chi connectivity index (χ0v) is 9.34. The van der Waals surface area contributed by atoms with Gasteiger partial charge in [-0.2, -0.15) is 0 Å². The second-order valence-corrected chi connectivity index (χ2v) is 3.87. The van der Waals surface area contributed by atoms with Crippen LogP contribution in [0.2, 0.25) is 0 Å². The van der Waals surface area contributed by atoms with Crippen LogP contribution in [0.4, 0.5) is 0 Å². The van der Waals surface area contributed by atoms with Gasteiger partial charge in [0.15, 0.2) is 0 Å². The summed E-state index contributed by atoms with van der Waals surface area (Å²) in [5, 5.41) is 10.1. The summed E-state index contributed by atoms with van der Waals surface area (Å²) in [4.78, 5) is 13.1. The third-order valence-corrected chi connectivity index (χ3v) is 2.41. The smallest absolute Gasteiger partial charge is 0.149 e. The molecule has 0 unspecified atom stereocenters. The first kappa shape index (κ1) is 11.9. The first-order valence-corrected chi connectivity index (χ1v) is 4.94. The molecule has 0 bridgehead atoms. The van der Waals surface area contributed by atoms with Gasteiger partial charge in [0.1, 0.15) is 11.9 Å².